The minimum atomic E-state index is -0.379. The van der Waals surface area contributed by atoms with Crippen LogP contribution in [-0.4, -0.2) is 33.3 Å². The highest BCUT2D eigenvalue weighted by atomic mass is 16.5. The number of ether oxygens (including phenoxy) is 1. The minimum Gasteiger partial charge on any atom is -0.508 e. The second kappa shape index (κ2) is 9.43. The highest BCUT2D eigenvalue weighted by molar-refractivity contribution is 6.06. The summed E-state index contributed by atoms with van der Waals surface area (Å²) in [7, 11) is 1.43. The molecule has 0 unspecified atom stereocenters. The average molecular weight is 382 g/mol. The zero-order valence-electron chi connectivity index (χ0n) is 15.6. The summed E-state index contributed by atoms with van der Waals surface area (Å²) in [5.41, 5.74) is 1.83. The molecule has 0 aliphatic carbocycles. The number of aliphatic hydroxyl groups excluding tert-OH is 2. The Bertz CT molecular complexity index is 953. The number of hydrogen-bond donors (Lipinski definition) is 4. The monoisotopic (exact) mass is 382 g/mol. The van der Waals surface area contributed by atoms with Crippen LogP contribution in [0.15, 0.2) is 59.9 Å². The highest BCUT2D eigenvalue weighted by Crippen LogP contribution is 2.26. The van der Waals surface area contributed by atoms with Gasteiger partial charge in [-0.1, -0.05) is 24.3 Å². The molecule has 0 heterocycles. The molecule has 146 valence electrons. The maximum atomic E-state index is 12.3. The van der Waals surface area contributed by atoms with E-state index in [1.165, 1.54) is 38.3 Å². The number of ketones is 1. The first-order chi connectivity index (χ1) is 13.3. The van der Waals surface area contributed by atoms with E-state index in [-0.39, 0.29) is 35.2 Å². The van der Waals surface area contributed by atoms with E-state index in [2.05, 4.69) is 0 Å². The number of aromatic hydroxyl groups is 2. The standard InChI is InChI=1S/C22H22O6/c1-14(18(24)7-3-15-5-9-20(26)17(11-15)13-23)19(25)8-4-16-6-10-21(27)22(12-16)28-2/h3-12,23-24,26-27H,13H2,1-2H3/b7-3+,8-4+,18-14?. The molecule has 2 aromatic rings. The predicted molar refractivity (Wildman–Crippen MR) is 107 cm³/mol. The quantitative estimate of drug-likeness (QED) is 0.330. The van der Waals surface area contributed by atoms with E-state index in [0.29, 0.717) is 22.4 Å². The van der Waals surface area contributed by atoms with Gasteiger partial charge in [0.1, 0.15) is 11.5 Å². The summed E-state index contributed by atoms with van der Waals surface area (Å²) in [6.45, 7) is 1.19. The Morgan fingerprint density at radius 3 is 2.25 bits per heavy atom. The fourth-order valence-electron chi connectivity index (χ4n) is 2.36. The molecule has 0 aliphatic rings. The lowest BCUT2D eigenvalue weighted by Crippen LogP contribution is -1.98. The molecule has 0 saturated heterocycles. The second-order valence-corrected chi connectivity index (χ2v) is 6.02. The number of carbonyl (C=O) groups excluding carboxylic acids is 1. The first-order valence-electron chi connectivity index (χ1n) is 8.45. The SMILES string of the molecule is COc1cc(/C=C/C(=O)C(C)=C(O)/C=C/c2ccc(O)c(CO)c2)ccc1O. The molecule has 28 heavy (non-hydrogen) atoms. The van der Waals surface area contributed by atoms with E-state index in [0.717, 1.165) is 0 Å². The molecule has 4 N–H and O–H groups in total. The van der Waals surface area contributed by atoms with E-state index < -0.39 is 0 Å². The van der Waals surface area contributed by atoms with E-state index in [9.17, 15) is 20.1 Å². The number of phenolic OH excluding ortho intramolecular Hbond substituents is 1. The smallest absolute Gasteiger partial charge is 0.185 e. The van der Waals surface area contributed by atoms with Gasteiger partial charge in [0.15, 0.2) is 17.3 Å². The van der Waals surface area contributed by atoms with Crippen LogP contribution in [-0.2, 0) is 11.4 Å². The van der Waals surface area contributed by atoms with Crippen molar-refractivity contribution in [3.63, 3.8) is 0 Å². The lowest BCUT2D eigenvalue weighted by molar-refractivity contribution is -0.111. The van der Waals surface area contributed by atoms with Crippen LogP contribution in [0.4, 0.5) is 0 Å². The van der Waals surface area contributed by atoms with Crippen LogP contribution in [0.25, 0.3) is 12.2 Å². The molecule has 0 amide bonds. The molecule has 0 atom stereocenters. The maximum Gasteiger partial charge on any atom is 0.185 e. The summed E-state index contributed by atoms with van der Waals surface area (Å²) in [5.74, 6) is -0.290. The van der Waals surface area contributed by atoms with Gasteiger partial charge in [-0.2, -0.15) is 0 Å². The Morgan fingerprint density at radius 2 is 1.61 bits per heavy atom. The molecule has 0 saturated carbocycles. The Kier molecular flexibility index (Phi) is 7.01. The predicted octanol–water partition coefficient (Wildman–Crippen LogP) is 3.73. The third kappa shape index (κ3) is 5.25. The first-order valence-corrected chi connectivity index (χ1v) is 8.45. The molecule has 0 aromatic heterocycles. The van der Waals surface area contributed by atoms with E-state index in [4.69, 9.17) is 9.84 Å². The van der Waals surface area contributed by atoms with Crippen molar-refractivity contribution in [2.24, 2.45) is 0 Å². The van der Waals surface area contributed by atoms with Crippen LogP contribution < -0.4 is 4.74 Å². The second-order valence-electron chi connectivity index (χ2n) is 6.02. The van der Waals surface area contributed by atoms with Gasteiger partial charge in [0.2, 0.25) is 0 Å². The summed E-state index contributed by atoms with van der Waals surface area (Å²) in [6.07, 6.45) is 5.81. The van der Waals surface area contributed by atoms with Crippen LogP contribution in [0.2, 0.25) is 0 Å². The molecular weight excluding hydrogens is 360 g/mol. The zero-order valence-corrected chi connectivity index (χ0v) is 15.6. The number of rotatable bonds is 7. The van der Waals surface area contributed by atoms with Gasteiger partial charge in [0.25, 0.3) is 0 Å². The van der Waals surface area contributed by atoms with Gasteiger partial charge < -0.3 is 25.2 Å². The average Bonchev–Trinajstić information content (AvgIpc) is 2.71. The van der Waals surface area contributed by atoms with E-state index in [1.54, 1.807) is 36.4 Å². The zero-order chi connectivity index (χ0) is 20.7. The lowest BCUT2D eigenvalue weighted by atomic mass is 10.1. The Hall–Kier alpha value is -3.51. The number of aliphatic hydroxyl groups is 2. The van der Waals surface area contributed by atoms with Gasteiger partial charge >= 0.3 is 0 Å². The summed E-state index contributed by atoms with van der Waals surface area (Å²) < 4.78 is 5.02. The minimum absolute atomic E-state index is 0.00317. The molecule has 0 bridgehead atoms. The van der Waals surface area contributed by atoms with E-state index >= 15 is 0 Å². The number of hydrogen-bond acceptors (Lipinski definition) is 6. The number of allylic oxidation sites excluding steroid dienone is 3. The fourth-order valence-corrected chi connectivity index (χ4v) is 2.36. The molecule has 2 aromatic carbocycles. The Balaban J connectivity index is 2.15. The van der Waals surface area contributed by atoms with Crippen molar-refractivity contribution in [3.05, 3.63) is 76.6 Å². The van der Waals surface area contributed by atoms with Crippen molar-refractivity contribution >= 4 is 17.9 Å². The fraction of sp³-hybridized carbons (Fsp3) is 0.136. The van der Waals surface area contributed by atoms with Crippen LogP contribution >= 0.6 is 0 Å². The number of phenols is 2. The van der Waals surface area contributed by atoms with Crippen molar-refractivity contribution < 1.29 is 30.0 Å². The van der Waals surface area contributed by atoms with Gasteiger partial charge in [-0.3, -0.25) is 4.79 Å². The van der Waals surface area contributed by atoms with E-state index in [1.807, 2.05) is 0 Å². The molecule has 6 heteroatoms. The van der Waals surface area contributed by atoms with Crippen LogP contribution in [0.1, 0.15) is 23.6 Å². The molecular formula is C22H22O6. The van der Waals surface area contributed by atoms with Crippen molar-refractivity contribution in [2.45, 2.75) is 13.5 Å². The van der Waals surface area contributed by atoms with Gasteiger partial charge in [0, 0.05) is 11.1 Å². The summed E-state index contributed by atoms with van der Waals surface area (Å²) >= 11 is 0. The normalized spacial score (nSPS) is 12.4. The maximum absolute atomic E-state index is 12.3. The van der Waals surface area contributed by atoms with Crippen molar-refractivity contribution in [1.82, 2.24) is 0 Å². The van der Waals surface area contributed by atoms with Crippen LogP contribution in [0.5, 0.6) is 17.2 Å². The number of carbonyl (C=O) groups is 1. The topological polar surface area (TPSA) is 107 Å². The molecule has 0 aliphatic heterocycles. The Morgan fingerprint density at radius 1 is 1.00 bits per heavy atom. The molecule has 0 radical (unpaired) electrons. The number of benzene rings is 2. The van der Waals surface area contributed by atoms with Crippen LogP contribution in [0, 0.1) is 0 Å². The van der Waals surface area contributed by atoms with Gasteiger partial charge in [-0.05, 0) is 54.5 Å². The Labute approximate surface area is 163 Å². The molecule has 0 spiro atoms. The van der Waals surface area contributed by atoms with Crippen molar-refractivity contribution in [1.29, 1.82) is 0 Å². The molecule has 2 rings (SSSR count). The highest BCUT2D eigenvalue weighted by Gasteiger charge is 2.06. The first kappa shape index (κ1) is 20.8. The third-order valence-corrected chi connectivity index (χ3v) is 4.09. The molecule has 6 nitrogen and oxygen atoms in total. The summed E-state index contributed by atoms with van der Waals surface area (Å²) in [4.78, 5) is 12.3. The summed E-state index contributed by atoms with van der Waals surface area (Å²) in [5, 5.41) is 38.4. The van der Waals surface area contributed by atoms with Crippen molar-refractivity contribution in [3.8, 4) is 17.2 Å². The van der Waals surface area contributed by atoms with Gasteiger partial charge in [-0.15, -0.1) is 0 Å². The van der Waals surface area contributed by atoms with Crippen LogP contribution in [0.3, 0.4) is 0 Å². The van der Waals surface area contributed by atoms with Gasteiger partial charge in [-0.25, -0.2) is 0 Å². The van der Waals surface area contributed by atoms with Gasteiger partial charge in [0.05, 0.1) is 13.7 Å². The largest absolute Gasteiger partial charge is 0.508 e. The van der Waals surface area contributed by atoms with Crippen molar-refractivity contribution in [2.75, 3.05) is 7.11 Å². The third-order valence-electron chi connectivity index (χ3n) is 4.09. The molecule has 0 fully saturated rings. The number of methoxy groups -OCH3 is 1. The summed E-state index contributed by atoms with van der Waals surface area (Å²) in [6, 6.07) is 9.32. The lowest BCUT2D eigenvalue weighted by Gasteiger charge is -2.04.